The fourth-order valence-electron chi connectivity index (χ4n) is 2.46. The van der Waals surface area contributed by atoms with E-state index in [9.17, 15) is 9.59 Å². The number of carbonyl (C=O) groups is 2. The number of ether oxygens (including phenoxy) is 2. The van der Waals surface area contributed by atoms with E-state index in [0.29, 0.717) is 11.5 Å². The van der Waals surface area contributed by atoms with Crippen molar-refractivity contribution in [3.8, 4) is 11.5 Å². The van der Waals surface area contributed by atoms with Crippen LogP contribution in [0.5, 0.6) is 11.5 Å². The molecular weight excluding hydrogens is 516 g/mol. The van der Waals surface area contributed by atoms with Crippen molar-refractivity contribution in [1.82, 2.24) is 10.9 Å². The van der Waals surface area contributed by atoms with Crippen molar-refractivity contribution in [3.05, 3.63) is 56.5 Å². The number of amides is 2. The third-order valence-electron chi connectivity index (χ3n) is 4.26. The Morgan fingerprint density at radius 3 is 1.80 bits per heavy atom. The number of hydrogen-bond acceptors (Lipinski definition) is 4. The normalized spacial score (nSPS) is 11.0. The molecule has 2 amide bonds. The Kier molecular flexibility index (Phi) is 8.73. The summed E-state index contributed by atoms with van der Waals surface area (Å²) in [5, 5.41) is 0. The number of rotatable bonds is 7. The molecule has 2 aromatic carbocycles. The van der Waals surface area contributed by atoms with Gasteiger partial charge in [0.2, 0.25) is 0 Å². The molecule has 0 fully saturated rings. The van der Waals surface area contributed by atoms with Crippen molar-refractivity contribution in [2.45, 2.75) is 39.5 Å². The van der Waals surface area contributed by atoms with Gasteiger partial charge in [0, 0.05) is 0 Å². The molecule has 2 rings (SSSR count). The van der Waals surface area contributed by atoms with Crippen LogP contribution in [0.4, 0.5) is 0 Å². The standard InChI is InChI=1S/C22H26Br2N2O4/c1-5-14-6-8-18(16(23)10-14)29-12-20(27)25-26-21(28)13-30-19-9-7-15(11-17(19)24)22(2,3)4/h6-11H,5,12-13H2,1-4H3,(H,25,27)(H,26,28). The van der Waals surface area contributed by atoms with E-state index in [1.54, 1.807) is 6.07 Å². The van der Waals surface area contributed by atoms with Gasteiger partial charge in [-0.3, -0.25) is 20.4 Å². The number of benzene rings is 2. The number of halogens is 2. The van der Waals surface area contributed by atoms with E-state index in [1.807, 2.05) is 30.3 Å². The molecule has 0 radical (unpaired) electrons. The molecule has 0 spiro atoms. The fourth-order valence-corrected chi connectivity index (χ4v) is 3.50. The zero-order chi connectivity index (χ0) is 22.3. The quantitative estimate of drug-likeness (QED) is 0.499. The highest BCUT2D eigenvalue weighted by Crippen LogP contribution is 2.31. The average molecular weight is 542 g/mol. The number of hydrogen-bond donors (Lipinski definition) is 2. The van der Waals surface area contributed by atoms with Crippen molar-refractivity contribution >= 4 is 43.7 Å². The van der Waals surface area contributed by atoms with Crippen molar-refractivity contribution in [2.75, 3.05) is 13.2 Å². The first kappa shape index (κ1) is 24.2. The summed E-state index contributed by atoms with van der Waals surface area (Å²) in [5.74, 6) is 0.142. The van der Waals surface area contributed by atoms with E-state index in [2.05, 4.69) is 70.4 Å². The summed E-state index contributed by atoms with van der Waals surface area (Å²) in [7, 11) is 0. The van der Waals surface area contributed by atoms with Crippen LogP contribution in [-0.2, 0) is 21.4 Å². The summed E-state index contributed by atoms with van der Waals surface area (Å²) in [5.41, 5.74) is 6.93. The van der Waals surface area contributed by atoms with Crippen molar-refractivity contribution in [3.63, 3.8) is 0 Å². The van der Waals surface area contributed by atoms with E-state index in [1.165, 1.54) is 0 Å². The fraction of sp³-hybridized carbons (Fsp3) is 0.364. The lowest BCUT2D eigenvalue weighted by molar-refractivity contribution is -0.131. The molecule has 0 bridgehead atoms. The minimum absolute atomic E-state index is 0.0123. The largest absolute Gasteiger partial charge is 0.483 e. The number of carbonyl (C=O) groups excluding carboxylic acids is 2. The monoisotopic (exact) mass is 540 g/mol. The lowest BCUT2D eigenvalue weighted by Gasteiger charge is -2.20. The molecule has 0 atom stereocenters. The highest BCUT2D eigenvalue weighted by Gasteiger charge is 2.16. The molecule has 8 heteroatoms. The van der Waals surface area contributed by atoms with E-state index >= 15 is 0 Å². The first-order chi connectivity index (χ1) is 14.1. The second-order valence-corrected chi connectivity index (χ2v) is 9.40. The van der Waals surface area contributed by atoms with Gasteiger partial charge >= 0.3 is 0 Å². The average Bonchev–Trinajstić information content (AvgIpc) is 2.69. The molecular formula is C22H26Br2N2O4. The zero-order valence-corrected chi connectivity index (χ0v) is 20.6. The number of aryl methyl sites for hydroxylation is 1. The summed E-state index contributed by atoms with van der Waals surface area (Å²) >= 11 is 6.88. The van der Waals surface area contributed by atoms with Crippen LogP contribution in [0, 0.1) is 0 Å². The van der Waals surface area contributed by atoms with Crippen molar-refractivity contribution in [1.29, 1.82) is 0 Å². The van der Waals surface area contributed by atoms with E-state index in [4.69, 9.17) is 9.47 Å². The predicted molar refractivity (Wildman–Crippen MR) is 124 cm³/mol. The minimum Gasteiger partial charge on any atom is -0.483 e. The Bertz CT molecular complexity index is 910. The maximum atomic E-state index is 11.9. The van der Waals surface area contributed by atoms with Gasteiger partial charge in [0.25, 0.3) is 11.8 Å². The summed E-state index contributed by atoms with van der Waals surface area (Å²) in [6, 6.07) is 11.4. The third-order valence-corrected chi connectivity index (χ3v) is 5.50. The number of hydrazine groups is 1. The Balaban J connectivity index is 1.76. The molecule has 0 saturated heterocycles. The van der Waals surface area contributed by atoms with Gasteiger partial charge in [0.05, 0.1) is 8.95 Å². The third kappa shape index (κ3) is 7.32. The van der Waals surface area contributed by atoms with E-state index in [-0.39, 0.29) is 18.6 Å². The van der Waals surface area contributed by atoms with Crippen molar-refractivity contribution < 1.29 is 19.1 Å². The van der Waals surface area contributed by atoms with Gasteiger partial charge in [0.15, 0.2) is 13.2 Å². The second kappa shape index (κ2) is 10.8. The zero-order valence-electron chi connectivity index (χ0n) is 17.5. The minimum atomic E-state index is -0.483. The van der Waals surface area contributed by atoms with Gasteiger partial charge in [-0.2, -0.15) is 0 Å². The Morgan fingerprint density at radius 1 is 0.867 bits per heavy atom. The highest BCUT2D eigenvalue weighted by molar-refractivity contribution is 9.10. The van der Waals surface area contributed by atoms with Crippen LogP contribution in [0.25, 0.3) is 0 Å². The maximum absolute atomic E-state index is 11.9. The molecule has 6 nitrogen and oxygen atoms in total. The highest BCUT2D eigenvalue weighted by atomic mass is 79.9. The molecule has 2 aromatic rings. The van der Waals surface area contributed by atoms with Crippen LogP contribution in [0.1, 0.15) is 38.8 Å². The lowest BCUT2D eigenvalue weighted by Crippen LogP contribution is -2.45. The van der Waals surface area contributed by atoms with Gasteiger partial charge in [-0.25, -0.2) is 0 Å². The van der Waals surface area contributed by atoms with E-state index < -0.39 is 11.8 Å². The predicted octanol–water partition coefficient (Wildman–Crippen LogP) is 4.68. The van der Waals surface area contributed by atoms with Crippen LogP contribution in [0.15, 0.2) is 45.3 Å². The summed E-state index contributed by atoms with van der Waals surface area (Å²) < 4.78 is 12.5. The van der Waals surface area contributed by atoms with Crippen LogP contribution in [-0.4, -0.2) is 25.0 Å². The Hall–Kier alpha value is -2.06. The van der Waals surface area contributed by atoms with Crippen LogP contribution < -0.4 is 20.3 Å². The smallest absolute Gasteiger partial charge is 0.276 e. The molecule has 0 aliphatic rings. The first-order valence-corrected chi connectivity index (χ1v) is 11.1. The van der Waals surface area contributed by atoms with Crippen LogP contribution in [0.3, 0.4) is 0 Å². The van der Waals surface area contributed by atoms with Gasteiger partial charge in [0.1, 0.15) is 11.5 Å². The molecule has 0 heterocycles. The molecule has 162 valence electrons. The van der Waals surface area contributed by atoms with Gasteiger partial charge in [-0.15, -0.1) is 0 Å². The SMILES string of the molecule is CCc1ccc(OCC(=O)NNC(=O)COc2ccc(C(C)(C)C)cc2Br)c(Br)c1. The lowest BCUT2D eigenvalue weighted by atomic mass is 9.87. The molecule has 30 heavy (non-hydrogen) atoms. The van der Waals surface area contributed by atoms with Gasteiger partial charge < -0.3 is 9.47 Å². The second-order valence-electron chi connectivity index (χ2n) is 7.69. The number of nitrogens with one attached hydrogen (secondary N) is 2. The maximum Gasteiger partial charge on any atom is 0.276 e. The van der Waals surface area contributed by atoms with Crippen LogP contribution >= 0.6 is 31.9 Å². The molecule has 0 aliphatic carbocycles. The first-order valence-electron chi connectivity index (χ1n) is 9.52. The van der Waals surface area contributed by atoms with Gasteiger partial charge in [-0.1, -0.05) is 39.8 Å². The summed E-state index contributed by atoms with van der Waals surface area (Å²) in [4.78, 5) is 23.8. The molecule has 0 aromatic heterocycles. The molecule has 0 saturated carbocycles. The van der Waals surface area contributed by atoms with Crippen LogP contribution in [0.2, 0.25) is 0 Å². The summed E-state index contributed by atoms with van der Waals surface area (Å²) in [6.45, 7) is 7.95. The summed E-state index contributed by atoms with van der Waals surface area (Å²) in [6.07, 6.45) is 0.908. The Morgan fingerprint density at radius 2 is 1.37 bits per heavy atom. The van der Waals surface area contributed by atoms with E-state index in [0.717, 1.165) is 26.5 Å². The van der Waals surface area contributed by atoms with Crippen molar-refractivity contribution in [2.24, 2.45) is 0 Å². The topological polar surface area (TPSA) is 76.7 Å². The molecule has 2 N–H and O–H groups in total. The molecule has 0 aliphatic heterocycles. The molecule has 0 unspecified atom stereocenters. The Labute approximate surface area is 193 Å². The van der Waals surface area contributed by atoms with Gasteiger partial charge in [-0.05, 0) is 79.1 Å².